The number of amides is 1. The number of hydrogen-bond acceptors (Lipinski definition) is 6. The van der Waals surface area contributed by atoms with Gasteiger partial charge in [-0.3, -0.25) is 9.36 Å². The molecule has 9 heteroatoms. The molecule has 2 aromatic heterocycles. The third-order valence-corrected chi connectivity index (χ3v) is 6.27. The Morgan fingerprint density at radius 3 is 2.66 bits per heavy atom. The first-order chi connectivity index (χ1) is 15.7. The van der Waals surface area contributed by atoms with Crippen LogP contribution in [-0.4, -0.2) is 37.1 Å². The van der Waals surface area contributed by atoms with E-state index in [4.69, 9.17) is 16.0 Å². The average Bonchev–Trinajstić information content (AvgIpc) is 3.59. The first-order valence-electron chi connectivity index (χ1n) is 9.96. The SMILES string of the molecule is O=C(CSc1nncn1-c1ccccc1)N1N=C(c2ccc(Cl)cc2)CC1c1ccco1. The van der Waals surface area contributed by atoms with Crippen LogP contribution in [0.1, 0.15) is 23.8 Å². The summed E-state index contributed by atoms with van der Waals surface area (Å²) in [6.45, 7) is 0. The molecule has 32 heavy (non-hydrogen) atoms. The molecule has 0 bridgehead atoms. The Bertz CT molecular complexity index is 1240. The molecule has 1 unspecified atom stereocenters. The van der Waals surface area contributed by atoms with Crippen LogP contribution in [0.3, 0.4) is 0 Å². The Labute approximate surface area is 193 Å². The Morgan fingerprint density at radius 2 is 1.91 bits per heavy atom. The van der Waals surface area contributed by atoms with Crippen LogP contribution in [0.2, 0.25) is 5.02 Å². The van der Waals surface area contributed by atoms with Gasteiger partial charge >= 0.3 is 0 Å². The molecule has 0 aliphatic carbocycles. The molecule has 1 aliphatic heterocycles. The molecule has 4 aromatic rings. The molecule has 0 saturated carbocycles. The average molecular weight is 464 g/mol. The zero-order chi connectivity index (χ0) is 21.9. The fourth-order valence-corrected chi connectivity index (χ4v) is 4.45. The fraction of sp³-hybridized carbons (Fsp3) is 0.130. The van der Waals surface area contributed by atoms with Crippen molar-refractivity contribution in [3.63, 3.8) is 0 Å². The summed E-state index contributed by atoms with van der Waals surface area (Å²) in [5, 5.41) is 15.6. The minimum Gasteiger partial charge on any atom is -0.467 e. The largest absolute Gasteiger partial charge is 0.467 e. The molecular weight excluding hydrogens is 446 g/mol. The normalized spacial score (nSPS) is 15.7. The summed E-state index contributed by atoms with van der Waals surface area (Å²) < 4.78 is 7.46. The van der Waals surface area contributed by atoms with Gasteiger partial charge in [-0.1, -0.05) is 53.7 Å². The van der Waals surface area contributed by atoms with E-state index < -0.39 is 0 Å². The summed E-state index contributed by atoms with van der Waals surface area (Å²) in [6.07, 6.45) is 3.81. The third-order valence-electron chi connectivity index (χ3n) is 5.09. The molecule has 5 rings (SSSR count). The van der Waals surface area contributed by atoms with Gasteiger partial charge in [0.2, 0.25) is 0 Å². The number of para-hydroxylation sites is 1. The maximum atomic E-state index is 13.2. The standard InChI is InChI=1S/C23H18ClN5O2S/c24-17-10-8-16(9-11-17)19-13-20(21-7-4-12-31-21)29(27-19)22(30)14-32-23-26-25-15-28(23)18-5-2-1-3-6-18/h1-12,15,20H,13-14H2. The van der Waals surface area contributed by atoms with E-state index in [1.165, 1.54) is 16.8 Å². The van der Waals surface area contributed by atoms with Gasteiger partial charge in [-0.2, -0.15) is 5.10 Å². The van der Waals surface area contributed by atoms with Crippen molar-refractivity contribution in [3.8, 4) is 5.69 Å². The lowest BCUT2D eigenvalue weighted by Gasteiger charge is -2.19. The predicted molar refractivity (Wildman–Crippen MR) is 123 cm³/mol. The lowest BCUT2D eigenvalue weighted by Crippen LogP contribution is -2.28. The smallest absolute Gasteiger partial charge is 0.253 e. The van der Waals surface area contributed by atoms with Crippen LogP contribution < -0.4 is 0 Å². The highest BCUT2D eigenvalue weighted by Crippen LogP contribution is 2.34. The highest BCUT2D eigenvalue weighted by atomic mass is 35.5. The van der Waals surface area contributed by atoms with Crippen molar-refractivity contribution in [3.05, 3.63) is 95.7 Å². The van der Waals surface area contributed by atoms with Crippen LogP contribution in [0.4, 0.5) is 0 Å². The van der Waals surface area contributed by atoms with Gasteiger partial charge in [-0.15, -0.1) is 10.2 Å². The number of carbonyl (C=O) groups excluding carboxylic acids is 1. The van der Waals surface area contributed by atoms with Crippen LogP contribution in [0.25, 0.3) is 5.69 Å². The molecule has 160 valence electrons. The summed E-state index contributed by atoms with van der Waals surface area (Å²) in [6, 6.07) is 20.6. The van der Waals surface area contributed by atoms with Crippen LogP contribution >= 0.6 is 23.4 Å². The molecule has 0 radical (unpaired) electrons. The number of furan rings is 1. The Balaban J connectivity index is 1.36. The second kappa shape index (κ2) is 9.02. The van der Waals surface area contributed by atoms with Crippen LogP contribution in [-0.2, 0) is 4.79 Å². The van der Waals surface area contributed by atoms with Gasteiger partial charge in [0.25, 0.3) is 5.91 Å². The van der Waals surface area contributed by atoms with Crippen LogP contribution in [0.5, 0.6) is 0 Å². The quantitative estimate of drug-likeness (QED) is 0.377. The van der Waals surface area contributed by atoms with E-state index in [9.17, 15) is 4.79 Å². The van der Waals surface area contributed by atoms with Crippen LogP contribution in [0, 0.1) is 0 Å². The monoisotopic (exact) mass is 463 g/mol. The number of rotatable bonds is 6. The van der Waals surface area contributed by atoms with Gasteiger partial charge in [-0.25, -0.2) is 5.01 Å². The van der Waals surface area contributed by atoms with E-state index in [0.717, 1.165) is 17.0 Å². The zero-order valence-corrected chi connectivity index (χ0v) is 18.4. The Hall–Kier alpha value is -3.36. The highest BCUT2D eigenvalue weighted by molar-refractivity contribution is 7.99. The molecule has 1 amide bonds. The summed E-state index contributed by atoms with van der Waals surface area (Å²) >= 11 is 7.34. The van der Waals surface area contributed by atoms with Gasteiger partial charge in [0, 0.05) is 17.1 Å². The van der Waals surface area contributed by atoms with Crippen LogP contribution in [0.15, 0.2) is 94.0 Å². The van der Waals surface area contributed by atoms with E-state index >= 15 is 0 Å². The second-order valence-corrected chi connectivity index (χ2v) is 8.51. The van der Waals surface area contributed by atoms with Gasteiger partial charge in [0.15, 0.2) is 5.16 Å². The summed E-state index contributed by atoms with van der Waals surface area (Å²) in [4.78, 5) is 13.2. The van der Waals surface area contributed by atoms with Gasteiger partial charge in [0.05, 0.1) is 17.7 Å². The number of thioether (sulfide) groups is 1. The van der Waals surface area contributed by atoms with Gasteiger partial charge < -0.3 is 4.42 Å². The van der Waals surface area contributed by atoms with Crippen molar-refractivity contribution in [2.45, 2.75) is 17.6 Å². The van der Waals surface area contributed by atoms with Gasteiger partial charge in [-0.05, 0) is 42.0 Å². The van der Waals surface area contributed by atoms with E-state index in [1.807, 2.05) is 71.3 Å². The van der Waals surface area contributed by atoms with Crippen molar-refractivity contribution in [1.82, 2.24) is 19.8 Å². The molecule has 3 heterocycles. The Morgan fingerprint density at radius 1 is 1.09 bits per heavy atom. The van der Waals surface area contributed by atoms with Crippen molar-refractivity contribution in [2.75, 3.05) is 5.75 Å². The zero-order valence-electron chi connectivity index (χ0n) is 16.8. The van der Waals surface area contributed by atoms with E-state index in [1.54, 1.807) is 12.6 Å². The lowest BCUT2D eigenvalue weighted by atomic mass is 10.0. The number of nitrogens with zero attached hydrogens (tertiary/aromatic N) is 5. The van der Waals surface area contributed by atoms with Gasteiger partial charge in [0.1, 0.15) is 18.1 Å². The molecule has 0 fully saturated rings. The third kappa shape index (κ3) is 4.19. The number of aromatic nitrogens is 3. The predicted octanol–water partition coefficient (Wildman–Crippen LogP) is 4.98. The number of hydrazone groups is 1. The molecular formula is C23H18ClN5O2S. The molecule has 0 N–H and O–H groups in total. The first-order valence-corrected chi connectivity index (χ1v) is 11.3. The number of carbonyl (C=O) groups is 1. The topological polar surface area (TPSA) is 76.5 Å². The fourth-order valence-electron chi connectivity index (χ4n) is 3.54. The Kier molecular flexibility index (Phi) is 5.79. The molecule has 1 atom stereocenters. The highest BCUT2D eigenvalue weighted by Gasteiger charge is 2.34. The summed E-state index contributed by atoms with van der Waals surface area (Å²) in [5.74, 6) is 0.728. The van der Waals surface area contributed by atoms with E-state index in [0.29, 0.717) is 22.4 Å². The second-order valence-electron chi connectivity index (χ2n) is 7.13. The minimum atomic E-state index is -0.296. The van der Waals surface area contributed by atoms with Crippen molar-refractivity contribution >= 4 is 35.0 Å². The van der Waals surface area contributed by atoms with Crippen molar-refractivity contribution in [2.24, 2.45) is 5.10 Å². The molecule has 0 spiro atoms. The number of benzene rings is 2. The maximum Gasteiger partial charge on any atom is 0.253 e. The maximum absolute atomic E-state index is 13.2. The van der Waals surface area contributed by atoms with E-state index in [2.05, 4.69) is 15.3 Å². The minimum absolute atomic E-state index is 0.136. The number of halogens is 1. The lowest BCUT2D eigenvalue weighted by molar-refractivity contribution is -0.130. The van der Waals surface area contributed by atoms with E-state index in [-0.39, 0.29) is 17.7 Å². The van der Waals surface area contributed by atoms with Crippen molar-refractivity contribution < 1.29 is 9.21 Å². The summed E-state index contributed by atoms with van der Waals surface area (Å²) in [5.41, 5.74) is 2.68. The molecule has 1 aliphatic rings. The molecule has 0 saturated heterocycles. The molecule has 7 nitrogen and oxygen atoms in total. The van der Waals surface area contributed by atoms with Crippen molar-refractivity contribution in [1.29, 1.82) is 0 Å². The summed E-state index contributed by atoms with van der Waals surface area (Å²) in [7, 11) is 0. The number of hydrogen-bond donors (Lipinski definition) is 0. The first kappa shape index (κ1) is 20.5. The molecule has 2 aromatic carbocycles.